The van der Waals surface area contributed by atoms with Crippen LogP contribution in [0.15, 0.2) is 51.7 Å². The molecule has 1 aromatic heterocycles. The Labute approximate surface area is 131 Å². The molecule has 112 valence electrons. The zero-order valence-corrected chi connectivity index (χ0v) is 11.9. The highest BCUT2D eigenvalue weighted by Crippen LogP contribution is 2.28. The number of rotatable bonds is 2. The van der Waals surface area contributed by atoms with Gasteiger partial charge in [-0.2, -0.15) is 5.26 Å². The number of phenols is 2. The van der Waals surface area contributed by atoms with Gasteiger partial charge in [-0.1, -0.05) is 18.2 Å². The summed E-state index contributed by atoms with van der Waals surface area (Å²) < 4.78 is 5.51. The van der Waals surface area contributed by atoms with E-state index in [1.165, 1.54) is 12.1 Å². The quantitative estimate of drug-likeness (QED) is 0.758. The maximum Gasteiger partial charge on any atom is 0.197 e. The van der Waals surface area contributed by atoms with Crippen LogP contribution in [-0.4, -0.2) is 10.2 Å². The summed E-state index contributed by atoms with van der Waals surface area (Å²) in [7, 11) is 0. The first-order chi connectivity index (χ1) is 11.1. The molecule has 3 aromatic rings. The van der Waals surface area contributed by atoms with Gasteiger partial charge in [0.05, 0.1) is 11.6 Å². The van der Waals surface area contributed by atoms with Crippen molar-refractivity contribution in [3.8, 4) is 17.6 Å². The molecule has 0 bridgehead atoms. The van der Waals surface area contributed by atoms with Crippen LogP contribution in [0.5, 0.6) is 11.5 Å². The predicted octanol–water partition coefficient (Wildman–Crippen LogP) is 3.25. The lowest BCUT2D eigenvalue weighted by Crippen LogP contribution is -2.00. The third kappa shape index (κ3) is 2.92. The lowest BCUT2D eigenvalue weighted by molar-refractivity contribution is 0.452. The summed E-state index contributed by atoms with van der Waals surface area (Å²) in [5.74, 6) is -0.223. The van der Waals surface area contributed by atoms with Crippen molar-refractivity contribution in [1.29, 1.82) is 5.26 Å². The van der Waals surface area contributed by atoms with E-state index in [-0.39, 0.29) is 28.2 Å². The van der Waals surface area contributed by atoms with Crippen molar-refractivity contribution in [2.75, 3.05) is 0 Å². The van der Waals surface area contributed by atoms with E-state index in [2.05, 4.69) is 0 Å². The number of nitrogens with zero attached hydrogens (tertiary/aromatic N) is 1. The molecule has 2 N–H and O–H groups in total. The summed E-state index contributed by atoms with van der Waals surface area (Å²) in [5.41, 5.74) is 1.11. The molecule has 0 aliphatic rings. The van der Waals surface area contributed by atoms with E-state index < -0.39 is 5.43 Å². The monoisotopic (exact) mass is 305 g/mol. The van der Waals surface area contributed by atoms with Gasteiger partial charge in [-0.3, -0.25) is 4.79 Å². The summed E-state index contributed by atoms with van der Waals surface area (Å²) in [6.07, 6.45) is 3.33. The zero-order chi connectivity index (χ0) is 16.4. The topological polar surface area (TPSA) is 94.5 Å². The molecule has 0 saturated heterocycles. The number of phenolic OH excluding ortho intramolecular Hbond substituents is 2. The molecular formula is C18H11NO4. The molecule has 23 heavy (non-hydrogen) atoms. The smallest absolute Gasteiger partial charge is 0.197 e. The normalized spacial score (nSPS) is 10.9. The fraction of sp³-hybridized carbons (Fsp3) is 0. The molecule has 0 aliphatic heterocycles. The van der Waals surface area contributed by atoms with Gasteiger partial charge in [0.25, 0.3) is 0 Å². The maximum atomic E-state index is 12.1. The first kappa shape index (κ1) is 14.4. The lowest BCUT2D eigenvalue weighted by Gasteiger charge is -2.02. The largest absolute Gasteiger partial charge is 0.508 e. The third-order valence-electron chi connectivity index (χ3n) is 3.29. The van der Waals surface area contributed by atoms with E-state index in [4.69, 9.17) is 9.68 Å². The van der Waals surface area contributed by atoms with Gasteiger partial charge >= 0.3 is 0 Å². The standard InChI is InChI=1S/C18H11NO4/c19-10-12-3-1-11(2-4-12)5-6-14-9-16(22)18-15(21)7-13(20)8-17(18)23-14/h1-9,20-21H/b6-5+. The van der Waals surface area contributed by atoms with Crippen LogP contribution in [0.2, 0.25) is 0 Å². The van der Waals surface area contributed by atoms with Crippen molar-refractivity contribution >= 4 is 23.1 Å². The minimum atomic E-state index is -0.400. The minimum absolute atomic E-state index is 0.0262. The Morgan fingerprint density at radius 2 is 1.78 bits per heavy atom. The second kappa shape index (κ2) is 5.70. The van der Waals surface area contributed by atoms with Gasteiger partial charge in [0, 0.05) is 18.2 Å². The Morgan fingerprint density at radius 3 is 2.48 bits per heavy atom. The van der Waals surface area contributed by atoms with Crippen molar-refractivity contribution in [2.24, 2.45) is 0 Å². The van der Waals surface area contributed by atoms with Crippen molar-refractivity contribution in [1.82, 2.24) is 0 Å². The van der Waals surface area contributed by atoms with Gasteiger partial charge in [0.2, 0.25) is 0 Å². The van der Waals surface area contributed by atoms with Gasteiger partial charge in [0.15, 0.2) is 5.43 Å². The maximum absolute atomic E-state index is 12.1. The minimum Gasteiger partial charge on any atom is -0.508 e. The van der Waals surface area contributed by atoms with Crippen LogP contribution in [0.4, 0.5) is 0 Å². The molecule has 1 heterocycles. The Morgan fingerprint density at radius 1 is 1.04 bits per heavy atom. The molecule has 0 spiro atoms. The van der Waals surface area contributed by atoms with Crippen LogP contribution < -0.4 is 5.43 Å². The van der Waals surface area contributed by atoms with Gasteiger partial charge in [0.1, 0.15) is 28.2 Å². The summed E-state index contributed by atoms with van der Waals surface area (Å²) in [4.78, 5) is 12.1. The zero-order valence-electron chi connectivity index (χ0n) is 11.9. The molecule has 0 atom stereocenters. The number of fused-ring (bicyclic) bond motifs is 1. The molecule has 0 unspecified atom stereocenters. The molecule has 0 aliphatic carbocycles. The highest BCUT2D eigenvalue weighted by molar-refractivity contribution is 5.85. The summed E-state index contributed by atoms with van der Waals surface area (Å²) in [6, 6.07) is 12.6. The molecule has 0 amide bonds. The van der Waals surface area contributed by atoms with E-state index in [1.807, 2.05) is 6.07 Å². The Balaban J connectivity index is 2.01. The number of hydrogen-bond donors (Lipinski definition) is 2. The molecule has 5 heteroatoms. The fourth-order valence-electron chi connectivity index (χ4n) is 2.20. The first-order valence-electron chi connectivity index (χ1n) is 6.75. The van der Waals surface area contributed by atoms with E-state index in [9.17, 15) is 15.0 Å². The second-order valence-corrected chi connectivity index (χ2v) is 4.92. The average Bonchev–Trinajstić information content (AvgIpc) is 2.52. The van der Waals surface area contributed by atoms with E-state index in [0.717, 1.165) is 11.6 Å². The van der Waals surface area contributed by atoms with Gasteiger partial charge in [-0.15, -0.1) is 0 Å². The molecular weight excluding hydrogens is 294 g/mol. The Kier molecular flexibility index (Phi) is 3.57. The molecule has 5 nitrogen and oxygen atoms in total. The van der Waals surface area contributed by atoms with Crippen LogP contribution in [0, 0.1) is 11.3 Å². The van der Waals surface area contributed by atoms with Gasteiger partial charge in [-0.05, 0) is 23.8 Å². The van der Waals surface area contributed by atoms with Crippen LogP contribution >= 0.6 is 0 Å². The molecule has 3 rings (SSSR count). The number of hydrogen-bond acceptors (Lipinski definition) is 5. The van der Waals surface area contributed by atoms with Gasteiger partial charge < -0.3 is 14.6 Å². The summed E-state index contributed by atoms with van der Waals surface area (Å²) >= 11 is 0. The summed E-state index contributed by atoms with van der Waals surface area (Å²) in [6.45, 7) is 0. The van der Waals surface area contributed by atoms with Crippen LogP contribution in [0.3, 0.4) is 0 Å². The summed E-state index contributed by atoms with van der Waals surface area (Å²) in [5, 5.41) is 28.0. The van der Waals surface area contributed by atoms with Crippen molar-refractivity contribution in [2.45, 2.75) is 0 Å². The second-order valence-electron chi connectivity index (χ2n) is 4.92. The Bertz CT molecular complexity index is 1010. The van der Waals surface area contributed by atoms with Crippen molar-refractivity contribution < 1.29 is 14.6 Å². The fourth-order valence-corrected chi connectivity index (χ4v) is 2.20. The molecule has 0 fully saturated rings. The van der Waals surface area contributed by atoms with E-state index in [0.29, 0.717) is 5.56 Å². The SMILES string of the molecule is N#Cc1ccc(/C=C/c2cc(=O)c3c(O)cc(O)cc3o2)cc1. The van der Waals surface area contributed by atoms with Gasteiger partial charge in [-0.25, -0.2) is 0 Å². The van der Waals surface area contributed by atoms with Crippen molar-refractivity contribution in [3.63, 3.8) is 0 Å². The highest BCUT2D eigenvalue weighted by Gasteiger charge is 2.09. The third-order valence-corrected chi connectivity index (χ3v) is 3.29. The first-order valence-corrected chi connectivity index (χ1v) is 6.75. The van der Waals surface area contributed by atoms with E-state index in [1.54, 1.807) is 36.4 Å². The van der Waals surface area contributed by atoms with E-state index >= 15 is 0 Å². The number of aromatic hydroxyl groups is 2. The highest BCUT2D eigenvalue weighted by atomic mass is 16.3. The lowest BCUT2D eigenvalue weighted by atomic mass is 10.1. The Hall–Kier alpha value is -3.52. The predicted molar refractivity (Wildman–Crippen MR) is 85.9 cm³/mol. The number of benzene rings is 2. The van der Waals surface area contributed by atoms with Crippen molar-refractivity contribution in [3.05, 3.63) is 69.6 Å². The molecule has 0 radical (unpaired) electrons. The van der Waals surface area contributed by atoms with Crippen LogP contribution in [-0.2, 0) is 0 Å². The molecule has 0 saturated carbocycles. The van der Waals surface area contributed by atoms with Crippen LogP contribution in [0.25, 0.3) is 23.1 Å². The average molecular weight is 305 g/mol. The number of nitriles is 1. The van der Waals surface area contributed by atoms with Crippen LogP contribution in [0.1, 0.15) is 16.9 Å². The molecule has 2 aromatic carbocycles.